The van der Waals surface area contributed by atoms with Gasteiger partial charge in [0.25, 0.3) is 0 Å². The topological polar surface area (TPSA) is 34.6 Å². The largest absolute Gasteiger partial charge is 0.422 e. The highest BCUT2D eigenvalue weighted by molar-refractivity contribution is 7.99. The quantitative estimate of drug-likeness (QED) is 0.382. The molecule has 0 aliphatic rings. The molecule has 0 saturated heterocycles. The molecule has 3 heterocycles. The van der Waals surface area contributed by atoms with Crippen LogP contribution in [0.2, 0.25) is 0 Å². The second-order valence-electron chi connectivity index (χ2n) is 6.31. The van der Waals surface area contributed by atoms with E-state index < -0.39 is 0 Å². The second-order valence-corrected chi connectivity index (χ2v) is 7.37. The first-order valence-electron chi connectivity index (χ1n) is 8.41. The van der Waals surface area contributed by atoms with Gasteiger partial charge in [-0.15, -0.1) is 0 Å². The van der Waals surface area contributed by atoms with Crippen molar-refractivity contribution in [3.05, 3.63) is 88.9 Å². The molecule has 4 heteroatoms. The Labute approximate surface area is 153 Å². The van der Waals surface area contributed by atoms with Gasteiger partial charge in [-0.25, -0.2) is 4.79 Å². The van der Waals surface area contributed by atoms with Gasteiger partial charge in [-0.2, -0.15) is 0 Å². The monoisotopic (exact) mass is 357 g/mol. The van der Waals surface area contributed by atoms with Crippen LogP contribution in [0.15, 0.2) is 92.1 Å². The lowest BCUT2D eigenvalue weighted by Gasteiger charge is -2.05. The summed E-state index contributed by atoms with van der Waals surface area (Å²) < 4.78 is 7.67. The summed E-state index contributed by atoms with van der Waals surface area (Å²) in [5.74, 6) is 0. The van der Waals surface area contributed by atoms with Gasteiger partial charge in [0.2, 0.25) is 0 Å². The first-order chi connectivity index (χ1) is 12.7. The first-order valence-corrected chi connectivity index (χ1v) is 9.23. The van der Waals surface area contributed by atoms with Gasteiger partial charge >= 0.3 is 5.63 Å². The fourth-order valence-electron chi connectivity index (χ4n) is 3.37. The van der Waals surface area contributed by atoms with E-state index in [1.54, 1.807) is 11.8 Å². The molecule has 2 aromatic carbocycles. The Morgan fingerprint density at radius 1 is 0.885 bits per heavy atom. The van der Waals surface area contributed by atoms with E-state index in [0.717, 1.165) is 26.2 Å². The van der Waals surface area contributed by atoms with Gasteiger partial charge in [-0.1, -0.05) is 53.7 Å². The number of pyridine rings is 1. The van der Waals surface area contributed by atoms with Crippen molar-refractivity contribution in [2.75, 3.05) is 0 Å². The van der Waals surface area contributed by atoms with Crippen LogP contribution in [0, 0.1) is 6.92 Å². The van der Waals surface area contributed by atoms with E-state index in [2.05, 4.69) is 35.6 Å². The Balaban J connectivity index is 1.93. The molecule has 0 amide bonds. The number of benzene rings is 2. The van der Waals surface area contributed by atoms with E-state index in [-0.39, 0.29) is 5.63 Å². The number of aryl methyl sites for hydroxylation is 1. The zero-order valence-electron chi connectivity index (χ0n) is 14.1. The van der Waals surface area contributed by atoms with E-state index in [9.17, 15) is 4.79 Å². The Morgan fingerprint density at radius 2 is 1.65 bits per heavy atom. The van der Waals surface area contributed by atoms with Crippen molar-refractivity contribution in [2.24, 2.45) is 0 Å². The van der Waals surface area contributed by atoms with E-state index in [0.29, 0.717) is 11.0 Å². The number of para-hydroxylation sites is 1. The number of rotatable bonds is 2. The first kappa shape index (κ1) is 15.3. The summed E-state index contributed by atoms with van der Waals surface area (Å²) in [5, 5.41) is 3.58. The van der Waals surface area contributed by atoms with Crippen LogP contribution in [0.5, 0.6) is 0 Å². The summed E-state index contributed by atoms with van der Waals surface area (Å²) in [7, 11) is 0. The van der Waals surface area contributed by atoms with Gasteiger partial charge in [-0.3, -0.25) is 0 Å². The third-order valence-corrected chi connectivity index (χ3v) is 5.70. The number of nitrogens with zero attached hydrogens (tertiary/aromatic N) is 1. The van der Waals surface area contributed by atoms with Crippen molar-refractivity contribution < 1.29 is 4.42 Å². The Bertz CT molecular complexity index is 1330. The van der Waals surface area contributed by atoms with E-state index >= 15 is 0 Å². The zero-order chi connectivity index (χ0) is 17.7. The molecule has 5 rings (SSSR count). The predicted octanol–water partition coefficient (Wildman–Crippen LogP) is 5.66. The fourth-order valence-corrected chi connectivity index (χ4v) is 4.43. The molecule has 3 nitrogen and oxygen atoms in total. The van der Waals surface area contributed by atoms with Crippen LogP contribution in [0.3, 0.4) is 0 Å². The predicted molar refractivity (Wildman–Crippen MR) is 106 cm³/mol. The molecular weight excluding hydrogens is 342 g/mol. The molecule has 5 aromatic rings. The molecule has 0 spiro atoms. The summed E-state index contributed by atoms with van der Waals surface area (Å²) in [6, 6.07) is 22.1. The molecule has 0 aliphatic carbocycles. The second kappa shape index (κ2) is 5.78. The molecule has 126 valence electrons. The fraction of sp³-hybridized carbons (Fsp3) is 0.0455. The minimum atomic E-state index is -0.293. The number of hydrogen-bond donors (Lipinski definition) is 0. The maximum atomic E-state index is 12.7. The highest BCUT2D eigenvalue weighted by atomic mass is 32.2. The average Bonchev–Trinajstić information content (AvgIpc) is 2.99. The third-order valence-electron chi connectivity index (χ3n) is 4.60. The smallest absolute Gasteiger partial charge is 0.346 e. The average molecular weight is 357 g/mol. The minimum absolute atomic E-state index is 0.293. The Kier molecular flexibility index (Phi) is 3.40. The molecule has 0 aliphatic heterocycles. The van der Waals surface area contributed by atoms with Crippen molar-refractivity contribution >= 4 is 39.0 Å². The van der Waals surface area contributed by atoms with Crippen LogP contribution in [0.4, 0.5) is 0 Å². The molecule has 0 radical (unpaired) electrons. The van der Waals surface area contributed by atoms with Crippen molar-refractivity contribution in [3.63, 3.8) is 0 Å². The van der Waals surface area contributed by atoms with Gasteiger partial charge in [0.05, 0.1) is 15.9 Å². The summed E-state index contributed by atoms with van der Waals surface area (Å²) >= 11 is 1.67. The van der Waals surface area contributed by atoms with Gasteiger partial charge < -0.3 is 8.82 Å². The number of aromatic nitrogens is 1. The Hall–Kier alpha value is -2.98. The lowest BCUT2D eigenvalue weighted by atomic mass is 10.1. The van der Waals surface area contributed by atoms with Crippen molar-refractivity contribution in [2.45, 2.75) is 16.8 Å². The van der Waals surface area contributed by atoms with Crippen molar-refractivity contribution in [1.29, 1.82) is 0 Å². The molecule has 0 atom stereocenters. The highest BCUT2D eigenvalue weighted by Gasteiger charge is 2.19. The maximum Gasteiger partial charge on any atom is 0.346 e. The van der Waals surface area contributed by atoms with Crippen molar-refractivity contribution in [1.82, 2.24) is 4.40 Å². The standard InChI is InChI=1S/C22H15NO2S/c1-14-9-11-15(12-10-14)26-21-19-16-6-2-3-8-18(16)25-22(24)20(19)17-7-4-5-13-23(17)21/h2-13H,1H3. The van der Waals surface area contributed by atoms with Crippen LogP contribution < -0.4 is 5.63 Å². The summed E-state index contributed by atoms with van der Waals surface area (Å²) in [5.41, 5.74) is 2.42. The molecule has 0 fully saturated rings. The normalized spacial score (nSPS) is 11.6. The van der Waals surface area contributed by atoms with Crippen LogP contribution >= 0.6 is 11.8 Å². The number of hydrogen-bond acceptors (Lipinski definition) is 3. The van der Waals surface area contributed by atoms with E-state index in [1.807, 2.05) is 48.7 Å². The molecule has 0 N–H and O–H groups in total. The van der Waals surface area contributed by atoms with Crippen LogP contribution in [0.1, 0.15) is 5.56 Å². The summed E-state index contributed by atoms with van der Waals surface area (Å²) in [6.45, 7) is 2.08. The van der Waals surface area contributed by atoms with E-state index in [1.165, 1.54) is 5.56 Å². The van der Waals surface area contributed by atoms with Gasteiger partial charge in [0.1, 0.15) is 5.58 Å². The van der Waals surface area contributed by atoms with Crippen LogP contribution in [0.25, 0.3) is 27.3 Å². The van der Waals surface area contributed by atoms with Crippen molar-refractivity contribution in [3.8, 4) is 0 Å². The SMILES string of the molecule is Cc1ccc(Sc2c3c4ccccc4oc(=O)c3c3ccccn23)cc1. The molecule has 0 saturated carbocycles. The lowest BCUT2D eigenvalue weighted by molar-refractivity contribution is 0.570. The van der Waals surface area contributed by atoms with E-state index in [4.69, 9.17) is 4.42 Å². The lowest BCUT2D eigenvalue weighted by Crippen LogP contribution is -1.98. The molecule has 0 bridgehead atoms. The zero-order valence-corrected chi connectivity index (χ0v) is 14.9. The van der Waals surface area contributed by atoms with Crippen LogP contribution in [-0.4, -0.2) is 4.40 Å². The summed E-state index contributed by atoms with van der Waals surface area (Å²) in [4.78, 5) is 13.9. The van der Waals surface area contributed by atoms with Crippen LogP contribution in [-0.2, 0) is 0 Å². The Morgan fingerprint density at radius 3 is 2.50 bits per heavy atom. The highest BCUT2D eigenvalue weighted by Crippen LogP contribution is 2.39. The maximum absolute atomic E-state index is 12.7. The molecule has 3 aromatic heterocycles. The minimum Gasteiger partial charge on any atom is -0.422 e. The molecular formula is C22H15NO2S. The van der Waals surface area contributed by atoms with Gasteiger partial charge in [0.15, 0.2) is 0 Å². The summed E-state index contributed by atoms with van der Waals surface area (Å²) in [6.07, 6.45) is 2.00. The van der Waals surface area contributed by atoms with Gasteiger partial charge in [0, 0.05) is 21.9 Å². The number of fused-ring (bicyclic) bond motifs is 5. The third kappa shape index (κ3) is 2.26. The molecule has 26 heavy (non-hydrogen) atoms. The molecule has 0 unspecified atom stereocenters. The van der Waals surface area contributed by atoms with Gasteiger partial charge in [-0.05, 0) is 37.3 Å².